The van der Waals surface area contributed by atoms with Crippen molar-refractivity contribution < 1.29 is 27.5 Å². The van der Waals surface area contributed by atoms with Gasteiger partial charge in [0.15, 0.2) is 0 Å². The van der Waals surface area contributed by atoms with Crippen molar-refractivity contribution in [3.63, 3.8) is 0 Å². The van der Waals surface area contributed by atoms with E-state index in [-0.39, 0.29) is 24.9 Å². The fourth-order valence-corrected chi connectivity index (χ4v) is 4.45. The Hall–Kier alpha value is -3.80. The minimum Gasteiger partial charge on any atom is -0.465 e. The maximum absolute atomic E-state index is 12.8. The zero-order chi connectivity index (χ0) is 25.9. The van der Waals surface area contributed by atoms with Gasteiger partial charge in [0, 0.05) is 17.5 Å². The molecule has 3 aromatic heterocycles. The van der Waals surface area contributed by atoms with Crippen molar-refractivity contribution >= 4 is 34.2 Å². The number of amides is 1. The van der Waals surface area contributed by atoms with Gasteiger partial charge in [-0.3, -0.25) is 9.59 Å². The maximum Gasteiger partial charge on any atom is 0.416 e. The van der Waals surface area contributed by atoms with E-state index >= 15 is 0 Å². The number of rotatable bonds is 8. The molecule has 1 unspecified atom stereocenters. The number of pyridine rings is 1. The summed E-state index contributed by atoms with van der Waals surface area (Å²) < 4.78 is 44.8. The summed E-state index contributed by atoms with van der Waals surface area (Å²) in [6.45, 7) is 3.76. The number of halogens is 3. The molecule has 3 heterocycles. The van der Waals surface area contributed by atoms with Crippen LogP contribution in [0.1, 0.15) is 51.4 Å². The molecule has 36 heavy (non-hydrogen) atoms. The second-order valence-electron chi connectivity index (χ2n) is 7.96. The molecule has 1 amide bonds. The number of hydrogen-bond acceptors (Lipinski definition) is 7. The average molecular weight is 518 g/mol. The van der Waals surface area contributed by atoms with Gasteiger partial charge < -0.3 is 14.6 Å². The molecular weight excluding hydrogens is 495 g/mol. The number of alkyl halides is 3. The zero-order valence-electron chi connectivity index (χ0n) is 19.4. The molecule has 0 aliphatic heterocycles. The number of esters is 1. The first kappa shape index (κ1) is 25.3. The number of aromatic nitrogens is 4. The third kappa shape index (κ3) is 5.88. The van der Waals surface area contributed by atoms with Crippen molar-refractivity contribution in [1.29, 1.82) is 0 Å². The predicted molar refractivity (Wildman–Crippen MR) is 126 cm³/mol. The fourth-order valence-electron chi connectivity index (χ4n) is 3.49. The van der Waals surface area contributed by atoms with Crippen molar-refractivity contribution in [2.24, 2.45) is 0 Å². The lowest BCUT2D eigenvalue weighted by molar-refractivity contribution is -0.143. The first-order valence-corrected chi connectivity index (χ1v) is 11.8. The molecule has 1 aromatic carbocycles. The van der Waals surface area contributed by atoms with Crippen LogP contribution in [0, 0.1) is 0 Å². The molecule has 188 valence electrons. The summed E-state index contributed by atoms with van der Waals surface area (Å²) in [6, 6.07) is 6.16. The SMILES string of the molecule is CCOC(=O)Cn1cnc2cnc(C(=O)NC(C)c3cnc(Cc4ccc(C(F)(F)F)cc4)s3)cc21. The van der Waals surface area contributed by atoms with Crippen molar-refractivity contribution in [3.05, 3.63) is 75.8 Å². The highest BCUT2D eigenvalue weighted by molar-refractivity contribution is 7.11. The third-order valence-corrected chi connectivity index (χ3v) is 6.51. The second-order valence-corrected chi connectivity index (χ2v) is 9.11. The Morgan fingerprint density at radius 2 is 1.89 bits per heavy atom. The summed E-state index contributed by atoms with van der Waals surface area (Å²) in [4.78, 5) is 38.2. The van der Waals surface area contributed by atoms with Gasteiger partial charge in [-0.15, -0.1) is 11.3 Å². The van der Waals surface area contributed by atoms with E-state index in [1.165, 1.54) is 36.0 Å². The number of nitrogens with zero attached hydrogens (tertiary/aromatic N) is 4. The largest absolute Gasteiger partial charge is 0.465 e. The number of imidazole rings is 1. The van der Waals surface area contributed by atoms with Crippen LogP contribution in [0.5, 0.6) is 0 Å². The van der Waals surface area contributed by atoms with Gasteiger partial charge in [0.25, 0.3) is 5.91 Å². The summed E-state index contributed by atoms with van der Waals surface area (Å²) in [7, 11) is 0. The van der Waals surface area contributed by atoms with Crippen LogP contribution in [-0.4, -0.2) is 38.0 Å². The number of nitrogens with one attached hydrogen (secondary N) is 1. The molecule has 0 radical (unpaired) electrons. The van der Waals surface area contributed by atoms with E-state index in [4.69, 9.17) is 4.74 Å². The summed E-state index contributed by atoms with van der Waals surface area (Å²) in [5.74, 6) is -0.823. The normalized spacial score (nSPS) is 12.5. The second kappa shape index (κ2) is 10.4. The van der Waals surface area contributed by atoms with Crippen molar-refractivity contribution in [3.8, 4) is 0 Å². The molecule has 0 aliphatic rings. The van der Waals surface area contributed by atoms with Gasteiger partial charge in [0.2, 0.25) is 0 Å². The molecular formula is C24H22F3N5O3S. The highest BCUT2D eigenvalue weighted by Gasteiger charge is 2.30. The van der Waals surface area contributed by atoms with Crippen molar-refractivity contribution in [2.45, 2.75) is 39.0 Å². The highest BCUT2D eigenvalue weighted by atomic mass is 32.1. The first-order valence-electron chi connectivity index (χ1n) is 11.0. The number of hydrogen-bond donors (Lipinski definition) is 1. The van der Waals surface area contributed by atoms with Crippen LogP contribution in [0.25, 0.3) is 11.0 Å². The summed E-state index contributed by atoms with van der Waals surface area (Å²) in [5, 5.41) is 3.59. The lowest BCUT2D eigenvalue weighted by Gasteiger charge is -2.11. The molecule has 0 spiro atoms. The van der Waals surface area contributed by atoms with E-state index in [1.807, 2.05) is 0 Å². The fraction of sp³-hybridized carbons (Fsp3) is 0.292. The van der Waals surface area contributed by atoms with E-state index in [0.29, 0.717) is 28.0 Å². The minimum atomic E-state index is -4.37. The van der Waals surface area contributed by atoms with Crippen LogP contribution in [0.3, 0.4) is 0 Å². The van der Waals surface area contributed by atoms with Crippen LogP contribution in [0.4, 0.5) is 13.2 Å². The van der Waals surface area contributed by atoms with Crippen LogP contribution in [0.2, 0.25) is 0 Å². The monoisotopic (exact) mass is 517 g/mol. The van der Waals surface area contributed by atoms with Crippen molar-refractivity contribution in [1.82, 2.24) is 24.8 Å². The highest BCUT2D eigenvalue weighted by Crippen LogP contribution is 2.30. The van der Waals surface area contributed by atoms with E-state index in [9.17, 15) is 22.8 Å². The van der Waals surface area contributed by atoms with Crippen molar-refractivity contribution in [2.75, 3.05) is 6.61 Å². The number of benzene rings is 1. The Morgan fingerprint density at radius 1 is 1.14 bits per heavy atom. The molecule has 1 atom stereocenters. The minimum absolute atomic E-state index is 0.0333. The van der Waals surface area contributed by atoms with Gasteiger partial charge in [0.05, 0.1) is 41.3 Å². The summed E-state index contributed by atoms with van der Waals surface area (Å²) in [6.07, 6.45) is 0.598. The van der Waals surface area contributed by atoms with Crippen LogP contribution >= 0.6 is 11.3 Å². The molecule has 4 aromatic rings. The summed E-state index contributed by atoms with van der Waals surface area (Å²) >= 11 is 1.37. The summed E-state index contributed by atoms with van der Waals surface area (Å²) in [5.41, 5.74) is 1.29. The Kier molecular flexibility index (Phi) is 7.34. The van der Waals surface area contributed by atoms with Gasteiger partial charge in [-0.05, 0) is 37.6 Å². The molecule has 0 saturated carbocycles. The number of carbonyl (C=O) groups is 2. The standard InChI is InChI=1S/C24H22F3N5O3S/c1-3-35-22(33)12-32-13-30-18-10-28-17(9-19(18)32)23(34)31-14(2)20-11-29-21(36-20)8-15-4-6-16(7-5-15)24(25,26)27/h4-7,9-11,13-14H,3,8,12H2,1-2H3,(H,31,34). The van der Waals surface area contributed by atoms with E-state index in [0.717, 1.165) is 17.0 Å². The lowest BCUT2D eigenvalue weighted by atomic mass is 10.1. The quantitative estimate of drug-likeness (QED) is 0.344. The Labute approximate surface area is 208 Å². The Balaban J connectivity index is 1.41. The molecule has 0 fully saturated rings. The van der Waals surface area contributed by atoms with E-state index < -0.39 is 23.6 Å². The van der Waals surface area contributed by atoms with Crippen LogP contribution < -0.4 is 5.32 Å². The molecule has 1 N–H and O–H groups in total. The van der Waals surface area contributed by atoms with Crippen LogP contribution in [-0.2, 0) is 28.7 Å². The molecule has 4 rings (SSSR count). The average Bonchev–Trinajstić information content (AvgIpc) is 3.46. The number of ether oxygens (including phenoxy) is 1. The smallest absolute Gasteiger partial charge is 0.416 e. The predicted octanol–water partition coefficient (Wildman–Crippen LogP) is 4.55. The third-order valence-electron chi connectivity index (χ3n) is 5.33. The van der Waals surface area contributed by atoms with E-state index in [2.05, 4.69) is 20.3 Å². The van der Waals surface area contributed by atoms with E-state index in [1.54, 1.807) is 30.7 Å². The topological polar surface area (TPSA) is 99.0 Å². The van der Waals surface area contributed by atoms with Gasteiger partial charge in [0.1, 0.15) is 17.8 Å². The molecule has 0 aliphatic carbocycles. The molecule has 8 nitrogen and oxygen atoms in total. The zero-order valence-corrected chi connectivity index (χ0v) is 20.2. The molecule has 0 bridgehead atoms. The van der Waals surface area contributed by atoms with Crippen LogP contribution in [0.15, 0.2) is 49.1 Å². The van der Waals surface area contributed by atoms with Gasteiger partial charge in [-0.25, -0.2) is 15.0 Å². The number of carbonyl (C=O) groups excluding carboxylic acids is 2. The Morgan fingerprint density at radius 3 is 2.58 bits per heavy atom. The molecule has 12 heteroatoms. The Bertz CT molecular complexity index is 1380. The van der Waals surface area contributed by atoms with Gasteiger partial charge in [-0.2, -0.15) is 13.2 Å². The number of fused-ring (bicyclic) bond motifs is 1. The number of thiazole rings is 1. The molecule has 0 saturated heterocycles. The maximum atomic E-state index is 12.8. The van der Waals surface area contributed by atoms with Gasteiger partial charge >= 0.3 is 12.1 Å². The first-order chi connectivity index (χ1) is 17.1. The lowest BCUT2D eigenvalue weighted by Crippen LogP contribution is -2.27. The van der Waals surface area contributed by atoms with Gasteiger partial charge in [-0.1, -0.05) is 12.1 Å².